The molecule has 1 amide bonds. The predicted molar refractivity (Wildman–Crippen MR) is 102 cm³/mol. The van der Waals surface area contributed by atoms with Crippen molar-refractivity contribution in [3.63, 3.8) is 0 Å². The lowest BCUT2D eigenvalue weighted by Crippen LogP contribution is -2.22. The second kappa shape index (κ2) is 8.13. The molecule has 12 heteroatoms. The van der Waals surface area contributed by atoms with Crippen LogP contribution in [-0.4, -0.2) is 58.7 Å². The molecule has 1 aliphatic carbocycles. The van der Waals surface area contributed by atoms with E-state index < -0.39 is 10.0 Å². The number of thioether (sulfide) groups is 1. The van der Waals surface area contributed by atoms with Gasteiger partial charge in [0.15, 0.2) is 0 Å². The number of nitrogens with one attached hydrogen (secondary N) is 1. The van der Waals surface area contributed by atoms with Gasteiger partial charge in [-0.2, -0.15) is 0 Å². The van der Waals surface area contributed by atoms with Gasteiger partial charge in [0.2, 0.25) is 21.1 Å². The number of nitrogens with zero attached hydrogens (tertiary/aromatic N) is 5. The molecule has 1 aliphatic rings. The van der Waals surface area contributed by atoms with Gasteiger partial charge in [-0.1, -0.05) is 23.4 Å². The Balaban J connectivity index is 1.59. The van der Waals surface area contributed by atoms with Crippen LogP contribution in [0.5, 0.6) is 0 Å². The van der Waals surface area contributed by atoms with Crippen molar-refractivity contribution in [3.8, 4) is 0 Å². The molecule has 9 nitrogen and oxygen atoms in total. The Morgan fingerprint density at radius 2 is 2.15 bits per heavy atom. The SMILES string of the molecule is CN(C)S(=O)(=O)c1ccc(Cl)c(NC(=O)CCSc2nnnn2C2CC2)c1. The van der Waals surface area contributed by atoms with E-state index in [-0.39, 0.29) is 27.9 Å². The molecule has 146 valence electrons. The summed E-state index contributed by atoms with van der Waals surface area (Å²) in [5, 5.41) is 15.2. The zero-order chi connectivity index (χ0) is 19.6. The van der Waals surface area contributed by atoms with Gasteiger partial charge in [0.25, 0.3) is 0 Å². The number of rotatable bonds is 8. The molecular formula is C15H19ClN6O3S2. The second-order valence-corrected chi connectivity index (χ2v) is 9.83. The maximum absolute atomic E-state index is 12.2. The average molecular weight is 431 g/mol. The van der Waals surface area contributed by atoms with Gasteiger partial charge in [0.1, 0.15) is 0 Å². The van der Waals surface area contributed by atoms with Crippen LogP contribution in [0.4, 0.5) is 5.69 Å². The monoisotopic (exact) mass is 430 g/mol. The summed E-state index contributed by atoms with van der Waals surface area (Å²) in [4.78, 5) is 12.3. The first-order valence-corrected chi connectivity index (χ1v) is 11.0. The Kier molecular flexibility index (Phi) is 6.04. The molecule has 1 aromatic heterocycles. The van der Waals surface area contributed by atoms with Crippen LogP contribution in [0.3, 0.4) is 0 Å². The van der Waals surface area contributed by atoms with Crippen LogP contribution in [0.1, 0.15) is 25.3 Å². The number of carbonyl (C=O) groups is 1. The second-order valence-electron chi connectivity index (χ2n) is 6.21. The van der Waals surface area contributed by atoms with Crippen LogP contribution in [0, 0.1) is 0 Å². The zero-order valence-corrected chi connectivity index (χ0v) is 17.2. The number of hydrogen-bond acceptors (Lipinski definition) is 7. The van der Waals surface area contributed by atoms with Crippen molar-refractivity contribution in [1.29, 1.82) is 0 Å². The molecule has 0 aliphatic heterocycles. The summed E-state index contributed by atoms with van der Waals surface area (Å²) in [6.45, 7) is 0. The molecule has 0 saturated heterocycles. The number of hydrogen-bond donors (Lipinski definition) is 1. The van der Waals surface area contributed by atoms with Crippen LogP contribution >= 0.6 is 23.4 Å². The molecule has 3 rings (SSSR count). The van der Waals surface area contributed by atoms with Gasteiger partial charge in [-0.25, -0.2) is 17.4 Å². The molecule has 0 bridgehead atoms. The fraction of sp³-hybridized carbons (Fsp3) is 0.467. The van der Waals surface area contributed by atoms with Crippen molar-refractivity contribution in [2.45, 2.75) is 35.4 Å². The summed E-state index contributed by atoms with van der Waals surface area (Å²) in [7, 11) is -0.733. The number of sulfonamides is 1. The van der Waals surface area contributed by atoms with E-state index in [4.69, 9.17) is 11.6 Å². The fourth-order valence-corrected chi connectivity index (χ4v) is 4.22. The van der Waals surface area contributed by atoms with Crippen molar-refractivity contribution in [2.24, 2.45) is 0 Å². The van der Waals surface area contributed by atoms with Crippen molar-refractivity contribution in [3.05, 3.63) is 23.2 Å². The quantitative estimate of drug-likeness (QED) is 0.638. The lowest BCUT2D eigenvalue weighted by atomic mass is 10.3. The van der Waals surface area contributed by atoms with Crippen LogP contribution in [0.25, 0.3) is 0 Å². The van der Waals surface area contributed by atoms with E-state index in [9.17, 15) is 13.2 Å². The van der Waals surface area contributed by atoms with E-state index in [0.29, 0.717) is 17.0 Å². The Morgan fingerprint density at radius 3 is 2.81 bits per heavy atom. The van der Waals surface area contributed by atoms with Crippen molar-refractivity contribution < 1.29 is 13.2 Å². The molecule has 1 heterocycles. The van der Waals surface area contributed by atoms with E-state index in [2.05, 4.69) is 20.8 Å². The number of anilines is 1. The largest absolute Gasteiger partial charge is 0.325 e. The Morgan fingerprint density at radius 1 is 1.41 bits per heavy atom. The smallest absolute Gasteiger partial charge is 0.242 e. The first kappa shape index (κ1) is 20.1. The van der Waals surface area contributed by atoms with Gasteiger partial charge < -0.3 is 5.32 Å². The van der Waals surface area contributed by atoms with E-state index in [1.807, 2.05) is 0 Å². The molecule has 1 saturated carbocycles. The van der Waals surface area contributed by atoms with Gasteiger partial charge in [0, 0.05) is 26.3 Å². The molecule has 1 fully saturated rings. The van der Waals surface area contributed by atoms with E-state index in [1.165, 1.54) is 44.1 Å². The first-order chi connectivity index (χ1) is 12.8. The number of tetrazole rings is 1. The molecule has 27 heavy (non-hydrogen) atoms. The molecule has 0 atom stereocenters. The highest BCUT2D eigenvalue weighted by atomic mass is 35.5. The summed E-state index contributed by atoms with van der Waals surface area (Å²) in [5.41, 5.74) is 0.261. The van der Waals surface area contributed by atoms with Crippen LogP contribution in [-0.2, 0) is 14.8 Å². The zero-order valence-electron chi connectivity index (χ0n) is 14.8. The third kappa shape index (κ3) is 4.78. The van der Waals surface area contributed by atoms with E-state index in [0.717, 1.165) is 17.1 Å². The normalized spacial score (nSPS) is 14.5. The topological polar surface area (TPSA) is 110 Å². The number of carbonyl (C=O) groups excluding carboxylic acids is 1. The average Bonchev–Trinajstić information content (AvgIpc) is 3.35. The summed E-state index contributed by atoms with van der Waals surface area (Å²) in [6, 6.07) is 4.58. The fourth-order valence-electron chi connectivity index (χ4n) is 2.25. The molecule has 2 aromatic rings. The molecule has 1 N–H and O–H groups in total. The van der Waals surface area contributed by atoms with Gasteiger partial charge in [-0.3, -0.25) is 4.79 Å². The van der Waals surface area contributed by atoms with Crippen molar-refractivity contribution in [2.75, 3.05) is 25.2 Å². The minimum atomic E-state index is -3.61. The van der Waals surface area contributed by atoms with E-state index in [1.54, 1.807) is 4.68 Å². The van der Waals surface area contributed by atoms with Crippen molar-refractivity contribution in [1.82, 2.24) is 24.5 Å². The number of benzene rings is 1. The molecule has 1 aromatic carbocycles. The first-order valence-electron chi connectivity index (χ1n) is 8.21. The van der Waals surface area contributed by atoms with Crippen LogP contribution in [0.15, 0.2) is 28.3 Å². The molecule has 0 spiro atoms. The highest BCUT2D eigenvalue weighted by Gasteiger charge is 2.27. The lowest BCUT2D eigenvalue weighted by molar-refractivity contribution is -0.115. The predicted octanol–water partition coefficient (Wildman–Crippen LogP) is 2.03. The summed E-state index contributed by atoms with van der Waals surface area (Å²) < 4.78 is 27.3. The highest BCUT2D eigenvalue weighted by Crippen LogP contribution is 2.36. The Hall–Kier alpha value is -1.69. The van der Waals surface area contributed by atoms with E-state index >= 15 is 0 Å². The Bertz CT molecular complexity index is 943. The maximum Gasteiger partial charge on any atom is 0.242 e. The standard InChI is InChI=1S/C15H19ClN6O3S2/c1-21(2)27(24,25)11-5-6-12(16)13(9-11)17-14(23)7-8-26-15-18-19-20-22(15)10-3-4-10/h5-6,9-10H,3-4,7-8H2,1-2H3,(H,17,23). The van der Waals surface area contributed by atoms with Crippen LogP contribution < -0.4 is 5.32 Å². The number of amides is 1. The lowest BCUT2D eigenvalue weighted by Gasteiger charge is -2.13. The summed E-state index contributed by atoms with van der Waals surface area (Å²) in [5.74, 6) is 0.223. The number of halogens is 1. The minimum absolute atomic E-state index is 0.0604. The van der Waals surface area contributed by atoms with Gasteiger partial charge in [-0.05, 0) is 41.5 Å². The summed E-state index contributed by atoms with van der Waals surface area (Å²) >= 11 is 7.50. The third-order valence-corrected chi connectivity index (χ3v) is 6.98. The van der Waals surface area contributed by atoms with Gasteiger partial charge in [-0.15, -0.1) is 5.10 Å². The Labute approximate surface area is 166 Å². The highest BCUT2D eigenvalue weighted by molar-refractivity contribution is 7.99. The van der Waals surface area contributed by atoms with Crippen molar-refractivity contribution >= 4 is 45.0 Å². The minimum Gasteiger partial charge on any atom is -0.325 e. The van der Waals surface area contributed by atoms with Crippen LogP contribution in [0.2, 0.25) is 5.02 Å². The molecule has 0 radical (unpaired) electrons. The number of aromatic nitrogens is 4. The van der Waals surface area contributed by atoms with Gasteiger partial charge >= 0.3 is 0 Å². The van der Waals surface area contributed by atoms with Gasteiger partial charge in [0.05, 0.1) is 21.6 Å². The molecule has 0 unspecified atom stereocenters. The third-order valence-electron chi connectivity index (χ3n) is 3.91. The molecular weight excluding hydrogens is 412 g/mol. The summed E-state index contributed by atoms with van der Waals surface area (Å²) in [6.07, 6.45) is 2.36. The maximum atomic E-state index is 12.2.